The first-order valence-electron chi connectivity index (χ1n) is 10.7. The fourth-order valence-corrected chi connectivity index (χ4v) is 2.82. The fraction of sp³-hybridized carbons (Fsp3) is 0.545. The zero-order valence-corrected chi connectivity index (χ0v) is 18.8. The van der Waals surface area contributed by atoms with Crippen molar-refractivity contribution < 1.29 is 29.0 Å². The van der Waals surface area contributed by atoms with E-state index in [1.165, 1.54) is 6.92 Å². The smallest absolute Gasteiger partial charge is 0.408 e. The van der Waals surface area contributed by atoms with Crippen molar-refractivity contribution in [1.82, 2.24) is 16.0 Å². The number of alkyl carbamates (subject to hydrolysis) is 1. The number of carboxylic acid groups (broad SMARTS) is 1. The van der Waals surface area contributed by atoms with Gasteiger partial charge in [0, 0.05) is 0 Å². The zero-order valence-electron chi connectivity index (χ0n) is 18.8. The number of hydrogen-bond acceptors (Lipinski definition) is 6. The first-order valence-corrected chi connectivity index (χ1v) is 10.7. The molecule has 0 unspecified atom stereocenters. The van der Waals surface area contributed by atoms with Crippen LogP contribution in [0.2, 0.25) is 0 Å². The van der Waals surface area contributed by atoms with E-state index in [0.29, 0.717) is 25.8 Å². The van der Waals surface area contributed by atoms with Gasteiger partial charge in [-0.1, -0.05) is 44.2 Å². The molecule has 32 heavy (non-hydrogen) atoms. The number of ether oxygens (including phenoxy) is 1. The van der Waals surface area contributed by atoms with E-state index in [-0.39, 0.29) is 12.5 Å². The third kappa shape index (κ3) is 9.78. The van der Waals surface area contributed by atoms with E-state index in [9.17, 15) is 19.2 Å². The SMILES string of the molecule is CC(C)[C@H](NC(=O)[C@H](CCCCN)NC(=O)OCc1ccccc1)C(=O)N[C@@H](C)C(=O)O. The van der Waals surface area contributed by atoms with Gasteiger partial charge in [-0.25, -0.2) is 4.79 Å². The van der Waals surface area contributed by atoms with E-state index in [4.69, 9.17) is 15.6 Å². The van der Waals surface area contributed by atoms with Gasteiger partial charge < -0.3 is 31.5 Å². The number of nitrogens with one attached hydrogen (secondary N) is 3. The number of aliphatic carboxylic acids is 1. The molecule has 10 nitrogen and oxygen atoms in total. The van der Waals surface area contributed by atoms with E-state index < -0.39 is 42.0 Å². The summed E-state index contributed by atoms with van der Waals surface area (Å²) in [5.74, 6) is -2.67. The van der Waals surface area contributed by atoms with E-state index in [2.05, 4.69) is 16.0 Å². The monoisotopic (exact) mass is 450 g/mol. The van der Waals surface area contributed by atoms with Crippen LogP contribution >= 0.6 is 0 Å². The van der Waals surface area contributed by atoms with Crippen molar-refractivity contribution in [3.8, 4) is 0 Å². The maximum absolute atomic E-state index is 12.9. The third-order valence-electron chi connectivity index (χ3n) is 4.74. The van der Waals surface area contributed by atoms with E-state index in [1.807, 2.05) is 30.3 Å². The second kappa shape index (κ2) is 14.0. The Kier molecular flexibility index (Phi) is 11.8. The van der Waals surface area contributed by atoms with Crippen LogP contribution in [0.15, 0.2) is 30.3 Å². The molecule has 178 valence electrons. The highest BCUT2D eigenvalue weighted by Gasteiger charge is 2.30. The minimum atomic E-state index is -1.19. The molecule has 0 heterocycles. The van der Waals surface area contributed by atoms with Gasteiger partial charge in [0.2, 0.25) is 11.8 Å². The van der Waals surface area contributed by atoms with Gasteiger partial charge in [-0.15, -0.1) is 0 Å². The second-order valence-electron chi connectivity index (χ2n) is 7.84. The van der Waals surface area contributed by atoms with Crippen molar-refractivity contribution in [3.05, 3.63) is 35.9 Å². The van der Waals surface area contributed by atoms with Gasteiger partial charge in [0.1, 0.15) is 24.7 Å². The second-order valence-corrected chi connectivity index (χ2v) is 7.84. The first-order chi connectivity index (χ1) is 15.1. The molecule has 0 saturated carbocycles. The van der Waals surface area contributed by atoms with Gasteiger partial charge in [-0.05, 0) is 44.2 Å². The topological polar surface area (TPSA) is 160 Å². The summed E-state index contributed by atoms with van der Waals surface area (Å²) in [6.07, 6.45) is 0.796. The molecule has 10 heteroatoms. The normalized spacial score (nSPS) is 13.5. The maximum atomic E-state index is 12.9. The summed E-state index contributed by atoms with van der Waals surface area (Å²) in [7, 11) is 0. The molecule has 1 aromatic carbocycles. The highest BCUT2D eigenvalue weighted by molar-refractivity contribution is 5.92. The summed E-state index contributed by atoms with van der Waals surface area (Å²) in [6.45, 7) is 5.27. The number of unbranched alkanes of at least 4 members (excludes halogenated alkanes) is 1. The van der Waals surface area contributed by atoms with Gasteiger partial charge >= 0.3 is 12.1 Å². The van der Waals surface area contributed by atoms with Crippen molar-refractivity contribution in [2.24, 2.45) is 11.7 Å². The van der Waals surface area contributed by atoms with E-state index in [0.717, 1.165) is 5.56 Å². The molecule has 0 aliphatic heterocycles. The van der Waals surface area contributed by atoms with Crippen LogP contribution in [0.25, 0.3) is 0 Å². The Morgan fingerprint density at radius 1 is 0.969 bits per heavy atom. The van der Waals surface area contributed by atoms with Crippen LogP contribution in [0.4, 0.5) is 4.79 Å². The molecule has 0 fully saturated rings. The Balaban J connectivity index is 2.78. The van der Waals surface area contributed by atoms with Crippen molar-refractivity contribution in [2.45, 2.75) is 64.8 Å². The summed E-state index contributed by atoms with van der Waals surface area (Å²) < 4.78 is 5.19. The molecule has 1 aromatic rings. The lowest BCUT2D eigenvalue weighted by atomic mass is 10.0. The standard InChI is InChI=1S/C22H34N4O6/c1-14(2)18(20(28)24-15(3)21(29)30)26-19(27)17(11-7-8-12-23)25-22(31)32-13-16-9-5-4-6-10-16/h4-6,9-10,14-15,17-18H,7-8,11-13,23H2,1-3H3,(H,24,28)(H,25,31)(H,26,27)(H,29,30)/t15-,17-,18-/m0/s1. The van der Waals surface area contributed by atoms with Crippen molar-refractivity contribution in [2.75, 3.05) is 6.54 Å². The van der Waals surface area contributed by atoms with Crippen molar-refractivity contribution in [3.63, 3.8) is 0 Å². The van der Waals surface area contributed by atoms with Crippen molar-refractivity contribution >= 4 is 23.9 Å². The average Bonchev–Trinajstić information content (AvgIpc) is 2.75. The summed E-state index contributed by atoms with van der Waals surface area (Å²) in [5, 5.41) is 16.5. The highest BCUT2D eigenvalue weighted by Crippen LogP contribution is 2.07. The van der Waals surface area contributed by atoms with Crippen LogP contribution in [0.1, 0.15) is 45.6 Å². The third-order valence-corrected chi connectivity index (χ3v) is 4.74. The van der Waals surface area contributed by atoms with Gasteiger partial charge in [-0.3, -0.25) is 14.4 Å². The van der Waals surface area contributed by atoms with Crippen LogP contribution in [-0.4, -0.2) is 53.7 Å². The number of carbonyl (C=O) groups is 4. The molecule has 3 atom stereocenters. The number of rotatable bonds is 13. The van der Waals surface area contributed by atoms with E-state index in [1.54, 1.807) is 13.8 Å². The average molecular weight is 451 g/mol. The quantitative estimate of drug-likeness (QED) is 0.282. The molecule has 0 spiro atoms. The minimum Gasteiger partial charge on any atom is -0.480 e. The van der Waals surface area contributed by atoms with Gasteiger partial charge in [0.15, 0.2) is 0 Å². The van der Waals surface area contributed by atoms with Crippen LogP contribution in [0, 0.1) is 5.92 Å². The Morgan fingerprint density at radius 2 is 1.62 bits per heavy atom. The van der Waals surface area contributed by atoms with Crippen LogP contribution < -0.4 is 21.7 Å². The Morgan fingerprint density at radius 3 is 2.19 bits per heavy atom. The molecule has 3 amide bonds. The predicted octanol–water partition coefficient (Wildman–Crippen LogP) is 1.14. The molecule has 0 bridgehead atoms. The summed E-state index contributed by atoms with van der Waals surface area (Å²) >= 11 is 0. The van der Waals surface area contributed by atoms with Gasteiger partial charge in [-0.2, -0.15) is 0 Å². The van der Waals surface area contributed by atoms with E-state index >= 15 is 0 Å². The molecule has 0 aliphatic rings. The number of carboxylic acids is 1. The fourth-order valence-electron chi connectivity index (χ4n) is 2.82. The van der Waals surface area contributed by atoms with Crippen LogP contribution in [0.3, 0.4) is 0 Å². The molecule has 0 saturated heterocycles. The number of hydrogen-bond donors (Lipinski definition) is 5. The lowest BCUT2D eigenvalue weighted by Gasteiger charge is -2.26. The lowest BCUT2D eigenvalue weighted by Crippen LogP contribution is -2.57. The zero-order chi connectivity index (χ0) is 24.1. The van der Waals surface area contributed by atoms with Gasteiger partial charge in [0.25, 0.3) is 0 Å². The summed E-state index contributed by atoms with van der Waals surface area (Å²) in [5.41, 5.74) is 6.32. The molecule has 0 aromatic heterocycles. The molecular weight excluding hydrogens is 416 g/mol. The Bertz CT molecular complexity index is 756. The molecular formula is C22H34N4O6. The largest absolute Gasteiger partial charge is 0.480 e. The molecule has 6 N–H and O–H groups in total. The molecule has 0 radical (unpaired) electrons. The van der Waals surface area contributed by atoms with Crippen LogP contribution in [-0.2, 0) is 25.7 Å². The highest BCUT2D eigenvalue weighted by atomic mass is 16.5. The van der Waals surface area contributed by atoms with Crippen molar-refractivity contribution in [1.29, 1.82) is 0 Å². The number of amides is 3. The maximum Gasteiger partial charge on any atom is 0.408 e. The van der Waals surface area contributed by atoms with Gasteiger partial charge in [0.05, 0.1) is 0 Å². The Labute approximate surface area is 188 Å². The predicted molar refractivity (Wildman–Crippen MR) is 118 cm³/mol. The number of benzene rings is 1. The summed E-state index contributed by atoms with van der Waals surface area (Å²) in [4.78, 5) is 48.6. The Hall–Kier alpha value is -3.14. The first kappa shape index (κ1) is 26.9. The molecule has 0 aliphatic carbocycles. The van der Waals surface area contributed by atoms with Crippen LogP contribution in [0.5, 0.6) is 0 Å². The summed E-state index contributed by atoms with van der Waals surface area (Å²) in [6, 6.07) is 6.10. The number of carbonyl (C=O) groups excluding carboxylic acids is 3. The number of nitrogens with two attached hydrogens (primary N) is 1. The lowest BCUT2D eigenvalue weighted by molar-refractivity contribution is -0.142. The minimum absolute atomic E-state index is 0.0495. The molecule has 1 rings (SSSR count).